The van der Waals surface area contributed by atoms with Crippen LogP contribution in [0.15, 0.2) is 54.9 Å². The molecule has 0 atom stereocenters. The Hall–Kier alpha value is -3.98. The molecule has 2 N–H and O–H groups in total. The van der Waals surface area contributed by atoms with Crippen LogP contribution < -0.4 is 15.4 Å². The number of rotatable bonds is 8. The van der Waals surface area contributed by atoms with Crippen LogP contribution in [0.5, 0.6) is 11.5 Å². The molecule has 8 nitrogen and oxygen atoms in total. The molecule has 0 aliphatic carbocycles. The SMILES string of the molecule is COCCNC(=O)c1cc2c(Oc3ccc4c(ccn4C(=O)NCCF)c3)ccnc2cc1C. The summed E-state index contributed by atoms with van der Waals surface area (Å²) < 4.78 is 24.9. The van der Waals surface area contributed by atoms with Gasteiger partial charge in [0, 0.05) is 48.9 Å². The maximum absolute atomic E-state index is 12.6. The third-order valence-corrected chi connectivity index (χ3v) is 5.36. The molecule has 0 spiro atoms. The molecular weight excluding hydrogens is 439 g/mol. The maximum Gasteiger partial charge on any atom is 0.326 e. The molecule has 34 heavy (non-hydrogen) atoms. The van der Waals surface area contributed by atoms with Gasteiger partial charge in [-0.25, -0.2) is 9.18 Å². The van der Waals surface area contributed by atoms with Crippen molar-refractivity contribution in [2.24, 2.45) is 0 Å². The Labute approximate surface area is 195 Å². The predicted molar refractivity (Wildman–Crippen MR) is 127 cm³/mol. The van der Waals surface area contributed by atoms with Gasteiger partial charge in [-0.3, -0.25) is 14.3 Å². The third kappa shape index (κ3) is 4.84. The van der Waals surface area contributed by atoms with Crippen LogP contribution in [-0.2, 0) is 4.74 Å². The molecule has 4 rings (SSSR count). The summed E-state index contributed by atoms with van der Waals surface area (Å²) >= 11 is 0. The number of halogens is 1. The second-order valence-corrected chi connectivity index (χ2v) is 7.67. The van der Waals surface area contributed by atoms with Crippen LogP contribution in [0.4, 0.5) is 9.18 Å². The number of benzene rings is 2. The summed E-state index contributed by atoms with van der Waals surface area (Å²) in [7, 11) is 1.58. The van der Waals surface area contributed by atoms with E-state index in [9.17, 15) is 14.0 Å². The number of ether oxygens (including phenoxy) is 2. The Kier molecular flexibility index (Phi) is 7.03. The number of carbonyl (C=O) groups excluding carboxylic acids is 2. The van der Waals surface area contributed by atoms with E-state index in [2.05, 4.69) is 15.6 Å². The van der Waals surface area contributed by atoms with Crippen molar-refractivity contribution in [1.29, 1.82) is 0 Å². The van der Waals surface area contributed by atoms with Crippen molar-refractivity contribution in [3.63, 3.8) is 0 Å². The molecule has 0 saturated carbocycles. The monoisotopic (exact) mass is 464 g/mol. The predicted octanol–water partition coefficient (Wildman–Crippen LogP) is 4.19. The average molecular weight is 464 g/mol. The van der Waals surface area contributed by atoms with E-state index in [1.54, 1.807) is 49.8 Å². The number of aryl methyl sites for hydroxylation is 1. The van der Waals surface area contributed by atoms with Gasteiger partial charge in [0.1, 0.15) is 18.2 Å². The van der Waals surface area contributed by atoms with Crippen LogP contribution in [-0.4, -0.2) is 55.0 Å². The van der Waals surface area contributed by atoms with Gasteiger partial charge in [0.05, 0.1) is 17.6 Å². The molecule has 0 fully saturated rings. The minimum atomic E-state index is -0.626. The van der Waals surface area contributed by atoms with Crippen LogP contribution in [0.1, 0.15) is 15.9 Å². The maximum atomic E-state index is 12.6. The van der Waals surface area contributed by atoms with Gasteiger partial charge in [-0.2, -0.15) is 0 Å². The summed E-state index contributed by atoms with van der Waals surface area (Å²) in [5, 5.41) is 6.84. The van der Waals surface area contributed by atoms with Crippen LogP contribution in [0.2, 0.25) is 0 Å². The van der Waals surface area contributed by atoms with Crippen molar-refractivity contribution in [2.75, 3.05) is 33.5 Å². The van der Waals surface area contributed by atoms with Crippen molar-refractivity contribution in [3.05, 3.63) is 66.0 Å². The van der Waals surface area contributed by atoms with Crippen molar-refractivity contribution >= 4 is 33.7 Å². The number of alkyl halides is 1. The number of fused-ring (bicyclic) bond motifs is 2. The first-order valence-electron chi connectivity index (χ1n) is 10.8. The van der Waals surface area contributed by atoms with Crippen LogP contribution in [0.3, 0.4) is 0 Å². The van der Waals surface area contributed by atoms with Gasteiger partial charge < -0.3 is 20.1 Å². The van der Waals surface area contributed by atoms with E-state index in [1.165, 1.54) is 4.57 Å². The number of methoxy groups -OCH3 is 1. The number of carbonyl (C=O) groups is 2. The van der Waals surface area contributed by atoms with Crippen LogP contribution >= 0.6 is 0 Å². The molecule has 2 amide bonds. The quantitative estimate of drug-likeness (QED) is 0.381. The van der Waals surface area contributed by atoms with Crippen molar-refractivity contribution < 1.29 is 23.5 Å². The van der Waals surface area contributed by atoms with Gasteiger partial charge in [0.2, 0.25) is 0 Å². The second-order valence-electron chi connectivity index (χ2n) is 7.67. The summed E-state index contributed by atoms with van der Waals surface area (Å²) in [5.74, 6) is 0.920. The number of hydrogen-bond acceptors (Lipinski definition) is 5. The van der Waals surface area contributed by atoms with Gasteiger partial charge >= 0.3 is 6.03 Å². The molecule has 2 aromatic carbocycles. The minimum absolute atomic E-state index is 0.0410. The van der Waals surface area contributed by atoms with Gasteiger partial charge in [-0.15, -0.1) is 0 Å². The molecule has 9 heteroatoms. The fourth-order valence-electron chi connectivity index (χ4n) is 3.69. The zero-order valence-electron chi connectivity index (χ0n) is 18.9. The molecule has 0 aliphatic heterocycles. The Balaban J connectivity index is 1.63. The van der Waals surface area contributed by atoms with Crippen molar-refractivity contribution in [2.45, 2.75) is 6.92 Å². The number of hydrogen-bond donors (Lipinski definition) is 2. The third-order valence-electron chi connectivity index (χ3n) is 5.36. The number of nitrogens with zero attached hydrogens (tertiary/aromatic N) is 2. The van der Waals surface area contributed by atoms with E-state index in [-0.39, 0.29) is 12.5 Å². The normalized spacial score (nSPS) is 11.0. The number of aromatic nitrogens is 2. The van der Waals surface area contributed by atoms with E-state index >= 15 is 0 Å². The Morgan fingerprint density at radius 1 is 1.09 bits per heavy atom. The standard InChI is InChI=1S/C25H25FN4O4/c1-16-13-21-20(15-19(16)24(31)28-10-12-33-2)23(5-8-27-21)34-18-3-4-22-17(14-18)6-11-30(22)25(32)29-9-7-26/h3-6,8,11,13-15H,7,9-10,12H2,1-2H3,(H,28,31)(H,29,32). The molecular formula is C25H25FN4O4. The first-order chi connectivity index (χ1) is 16.5. The zero-order valence-corrected chi connectivity index (χ0v) is 18.9. The largest absolute Gasteiger partial charge is 0.457 e. The fourth-order valence-corrected chi connectivity index (χ4v) is 3.69. The molecule has 4 aromatic rings. The lowest BCUT2D eigenvalue weighted by Gasteiger charge is -2.12. The number of amides is 2. The highest BCUT2D eigenvalue weighted by molar-refractivity contribution is 6.01. The minimum Gasteiger partial charge on any atom is -0.457 e. The van der Waals surface area contributed by atoms with Crippen LogP contribution in [0, 0.1) is 6.92 Å². The highest BCUT2D eigenvalue weighted by atomic mass is 19.1. The molecule has 176 valence electrons. The fraction of sp³-hybridized carbons (Fsp3) is 0.240. The van der Waals surface area contributed by atoms with E-state index in [0.29, 0.717) is 46.6 Å². The summed E-state index contributed by atoms with van der Waals surface area (Å²) in [6.45, 7) is 2.03. The van der Waals surface area contributed by atoms with E-state index in [0.717, 1.165) is 10.9 Å². The topological polar surface area (TPSA) is 94.5 Å². The molecule has 0 aliphatic rings. The molecule has 0 bridgehead atoms. The lowest BCUT2D eigenvalue weighted by molar-refractivity contribution is 0.0936. The summed E-state index contributed by atoms with van der Waals surface area (Å²) in [6, 6.07) is 12.1. The number of pyridine rings is 1. The van der Waals surface area contributed by atoms with Gasteiger partial charge in [-0.05, 0) is 55.0 Å². The molecule has 2 aromatic heterocycles. The molecule has 2 heterocycles. The highest BCUT2D eigenvalue weighted by Gasteiger charge is 2.14. The molecule has 0 unspecified atom stereocenters. The lowest BCUT2D eigenvalue weighted by atomic mass is 10.0. The van der Waals surface area contributed by atoms with E-state index in [1.807, 2.05) is 19.1 Å². The first-order valence-corrected chi connectivity index (χ1v) is 10.8. The van der Waals surface area contributed by atoms with Crippen molar-refractivity contribution in [3.8, 4) is 11.5 Å². The lowest BCUT2D eigenvalue weighted by Crippen LogP contribution is -2.29. The van der Waals surface area contributed by atoms with Crippen LogP contribution in [0.25, 0.3) is 21.8 Å². The van der Waals surface area contributed by atoms with Crippen molar-refractivity contribution in [1.82, 2.24) is 20.2 Å². The van der Waals surface area contributed by atoms with Gasteiger partial charge in [-0.1, -0.05) is 0 Å². The van der Waals surface area contributed by atoms with Gasteiger partial charge in [0.15, 0.2) is 0 Å². The van der Waals surface area contributed by atoms with Gasteiger partial charge in [0.25, 0.3) is 5.91 Å². The molecule has 0 saturated heterocycles. The Morgan fingerprint density at radius 3 is 2.74 bits per heavy atom. The number of nitrogens with one attached hydrogen (secondary N) is 2. The first kappa shape index (κ1) is 23.2. The second kappa shape index (κ2) is 10.3. The molecule has 0 radical (unpaired) electrons. The Bertz CT molecular complexity index is 1350. The summed E-state index contributed by atoms with van der Waals surface area (Å²) in [5.41, 5.74) is 2.73. The Morgan fingerprint density at radius 2 is 1.94 bits per heavy atom. The summed E-state index contributed by atoms with van der Waals surface area (Å²) in [4.78, 5) is 29.3. The smallest absolute Gasteiger partial charge is 0.326 e. The van der Waals surface area contributed by atoms with E-state index in [4.69, 9.17) is 9.47 Å². The van der Waals surface area contributed by atoms with E-state index < -0.39 is 12.7 Å². The average Bonchev–Trinajstić information content (AvgIpc) is 3.25. The highest BCUT2D eigenvalue weighted by Crippen LogP contribution is 2.32. The zero-order chi connectivity index (χ0) is 24.1. The summed E-state index contributed by atoms with van der Waals surface area (Å²) in [6.07, 6.45) is 3.28.